The monoisotopic (exact) mass is 251 g/mol. The maximum absolute atomic E-state index is 6.20. The van der Waals surface area contributed by atoms with E-state index < -0.39 is 0 Å². The van der Waals surface area contributed by atoms with Crippen molar-refractivity contribution in [3.63, 3.8) is 0 Å². The van der Waals surface area contributed by atoms with E-state index in [0.717, 1.165) is 12.3 Å². The number of nitrogens with zero attached hydrogens (tertiary/aromatic N) is 2. The van der Waals surface area contributed by atoms with Crippen LogP contribution in [0.4, 0.5) is 0 Å². The molecular formula is C14H25N3O. The van der Waals surface area contributed by atoms with Crippen LogP contribution in [0.5, 0.6) is 0 Å². The molecule has 102 valence electrons. The van der Waals surface area contributed by atoms with Crippen molar-refractivity contribution in [1.82, 2.24) is 10.1 Å². The highest BCUT2D eigenvalue weighted by Crippen LogP contribution is 2.30. The van der Waals surface area contributed by atoms with Gasteiger partial charge in [0.25, 0.3) is 0 Å². The molecule has 2 N–H and O–H groups in total. The summed E-state index contributed by atoms with van der Waals surface area (Å²) in [7, 11) is 0. The molecule has 0 amide bonds. The van der Waals surface area contributed by atoms with E-state index in [4.69, 9.17) is 10.3 Å². The van der Waals surface area contributed by atoms with E-state index in [0.29, 0.717) is 11.7 Å². The molecular weight excluding hydrogens is 226 g/mol. The Balaban J connectivity index is 1.96. The lowest BCUT2D eigenvalue weighted by atomic mass is 9.85. The van der Waals surface area contributed by atoms with Gasteiger partial charge in [-0.2, -0.15) is 4.98 Å². The van der Waals surface area contributed by atoms with Crippen molar-refractivity contribution in [2.75, 3.05) is 0 Å². The minimum atomic E-state index is -0.101. The van der Waals surface area contributed by atoms with Crippen LogP contribution in [-0.4, -0.2) is 10.1 Å². The van der Waals surface area contributed by atoms with Crippen molar-refractivity contribution in [3.8, 4) is 0 Å². The SMILES string of the molecule is CC(C)(C)c1nc(C(N)CC2CCCCC2)no1. The van der Waals surface area contributed by atoms with Gasteiger partial charge in [-0.15, -0.1) is 0 Å². The van der Waals surface area contributed by atoms with E-state index in [1.54, 1.807) is 0 Å². The van der Waals surface area contributed by atoms with Crippen molar-refractivity contribution in [1.29, 1.82) is 0 Å². The van der Waals surface area contributed by atoms with Gasteiger partial charge in [-0.1, -0.05) is 58.0 Å². The minimum absolute atomic E-state index is 0.0760. The molecule has 1 fully saturated rings. The topological polar surface area (TPSA) is 64.9 Å². The van der Waals surface area contributed by atoms with E-state index in [1.165, 1.54) is 32.1 Å². The maximum Gasteiger partial charge on any atom is 0.232 e. The summed E-state index contributed by atoms with van der Waals surface area (Å²) in [6.45, 7) is 6.20. The van der Waals surface area contributed by atoms with Gasteiger partial charge in [-0.3, -0.25) is 0 Å². The zero-order valence-corrected chi connectivity index (χ0v) is 11.8. The van der Waals surface area contributed by atoms with Crippen molar-refractivity contribution in [2.45, 2.75) is 70.8 Å². The molecule has 1 aliphatic rings. The second-order valence-corrected chi connectivity index (χ2v) is 6.55. The van der Waals surface area contributed by atoms with Crippen molar-refractivity contribution in [2.24, 2.45) is 11.7 Å². The molecule has 1 heterocycles. The molecule has 0 saturated heterocycles. The number of hydrogen-bond acceptors (Lipinski definition) is 4. The largest absolute Gasteiger partial charge is 0.339 e. The number of hydrogen-bond donors (Lipinski definition) is 1. The average molecular weight is 251 g/mol. The van der Waals surface area contributed by atoms with E-state index >= 15 is 0 Å². The van der Waals surface area contributed by atoms with Gasteiger partial charge in [0.05, 0.1) is 6.04 Å². The molecule has 0 aromatic carbocycles. The summed E-state index contributed by atoms with van der Waals surface area (Å²) < 4.78 is 5.30. The summed E-state index contributed by atoms with van der Waals surface area (Å²) in [5.41, 5.74) is 6.10. The summed E-state index contributed by atoms with van der Waals surface area (Å²) in [6, 6.07) is -0.0760. The Morgan fingerprint density at radius 1 is 1.28 bits per heavy atom. The van der Waals surface area contributed by atoms with Crippen molar-refractivity contribution in [3.05, 3.63) is 11.7 Å². The number of rotatable bonds is 3. The first-order chi connectivity index (χ1) is 8.47. The summed E-state index contributed by atoms with van der Waals surface area (Å²) in [5.74, 6) is 2.09. The lowest BCUT2D eigenvalue weighted by Crippen LogP contribution is -2.19. The standard InChI is InChI=1S/C14H25N3O/c1-14(2,3)13-16-12(17-18-13)11(15)9-10-7-5-4-6-8-10/h10-11H,4-9,15H2,1-3H3. The van der Waals surface area contributed by atoms with Crippen LogP contribution in [0.15, 0.2) is 4.52 Å². The van der Waals surface area contributed by atoms with Crippen LogP contribution >= 0.6 is 0 Å². The van der Waals surface area contributed by atoms with E-state index in [2.05, 4.69) is 30.9 Å². The molecule has 1 unspecified atom stereocenters. The Morgan fingerprint density at radius 3 is 2.50 bits per heavy atom. The second kappa shape index (κ2) is 5.39. The summed E-state index contributed by atoms with van der Waals surface area (Å²) in [6.07, 6.45) is 7.66. The molecule has 18 heavy (non-hydrogen) atoms. The third-order valence-corrected chi connectivity index (χ3v) is 3.73. The van der Waals surface area contributed by atoms with Crippen LogP contribution in [0.1, 0.15) is 77.1 Å². The molecule has 1 atom stereocenters. The fourth-order valence-electron chi connectivity index (χ4n) is 2.58. The summed E-state index contributed by atoms with van der Waals surface area (Å²) >= 11 is 0. The Bertz CT molecular complexity index is 375. The zero-order valence-electron chi connectivity index (χ0n) is 11.8. The van der Waals surface area contributed by atoms with Gasteiger partial charge in [0.15, 0.2) is 5.82 Å². The van der Waals surface area contributed by atoms with Gasteiger partial charge < -0.3 is 10.3 Å². The molecule has 4 nitrogen and oxygen atoms in total. The van der Waals surface area contributed by atoms with E-state index in [9.17, 15) is 0 Å². The van der Waals surface area contributed by atoms with E-state index in [1.807, 2.05) is 0 Å². The Morgan fingerprint density at radius 2 is 1.94 bits per heavy atom. The summed E-state index contributed by atoms with van der Waals surface area (Å²) in [5, 5.41) is 4.04. The van der Waals surface area contributed by atoms with Gasteiger partial charge in [-0.25, -0.2) is 0 Å². The smallest absolute Gasteiger partial charge is 0.232 e. The predicted molar refractivity (Wildman–Crippen MR) is 71.1 cm³/mol. The molecule has 4 heteroatoms. The third-order valence-electron chi connectivity index (χ3n) is 3.73. The fraction of sp³-hybridized carbons (Fsp3) is 0.857. The minimum Gasteiger partial charge on any atom is -0.339 e. The fourth-order valence-corrected chi connectivity index (χ4v) is 2.58. The Kier molecular flexibility index (Phi) is 4.05. The normalized spacial score (nSPS) is 20.0. The van der Waals surface area contributed by atoms with Crippen LogP contribution < -0.4 is 5.73 Å². The molecule has 1 aromatic rings. The maximum atomic E-state index is 6.20. The quantitative estimate of drug-likeness (QED) is 0.894. The second-order valence-electron chi connectivity index (χ2n) is 6.55. The van der Waals surface area contributed by atoms with Crippen molar-refractivity contribution >= 4 is 0 Å². The first-order valence-electron chi connectivity index (χ1n) is 7.06. The zero-order chi connectivity index (χ0) is 13.2. The van der Waals surface area contributed by atoms with Crippen LogP contribution in [0, 0.1) is 5.92 Å². The van der Waals surface area contributed by atoms with Gasteiger partial charge >= 0.3 is 0 Å². The molecule has 1 saturated carbocycles. The van der Waals surface area contributed by atoms with E-state index in [-0.39, 0.29) is 11.5 Å². The highest BCUT2D eigenvalue weighted by Gasteiger charge is 2.25. The van der Waals surface area contributed by atoms with Gasteiger partial charge in [0.2, 0.25) is 5.89 Å². The molecule has 0 radical (unpaired) electrons. The molecule has 1 aliphatic carbocycles. The van der Waals surface area contributed by atoms with Gasteiger partial charge in [0, 0.05) is 5.41 Å². The van der Waals surface area contributed by atoms with Gasteiger partial charge in [0.1, 0.15) is 0 Å². The number of aromatic nitrogens is 2. The Hall–Kier alpha value is -0.900. The molecule has 2 rings (SSSR count). The van der Waals surface area contributed by atoms with Crippen LogP contribution in [0.25, 0.3) is 0 Å². The van der Waals surface area contributed by atoms with Crippen LogP contribution in [0.3, 0.4) is 0 Å². The molecule has 1 aromatic heterocycles. The lowest BCUT2D eigenvalue weighted by molar-refractivity contribution is 0.302. The van der Waals surface area contributed by atoms with Crippen LogP contribution in [-0.2, 0) is 5.41 Å². The first-order valence-corrected chi connectivity index (χ1v) is 7.06. The average Bonchev–Trinajstić information content (AvgIpc) is 2.79. The Labute approximate surface area is 109 Å². The van der Waals surface area contributed by atoms with Gasteiger partial charge in [-0.05, 0) is 12.3 Å². The molecule has 0 aliphatic heterocycles. The number of nitrogens with two attached hydrogens (primary N) is 1. The lowest BCUT2D eigenvalue weighted by Gasteiger charge is -2.23. The summed E-state index contributed by atoms with van der Waals surface area (Å²) in [4.78, 5) is 4.44. The predicted octanol–water partition coefficient (Wildman–Crippen LogP) is 3.34. The highest BCUT2D eigenvalue weighted by atomic mass is 16.5. The first kappa shape index (κ1) is 13.5. The van der Waals surface area contributed by atoms with Crippen LogP contribution in [0.2, 0.25) is 0 Å². The molecule has 0 bridgehead atoms. The molecule has 0 spiro atoms. The van der Waals surface area contributed by atoms with Crippen molar-refractivity contribution < 1.29 is 4.52 Å². The highest BCUT2D eigenvalue weighted by molar-refractivity contribution is 5.01. The third kappa shape index (κ3) is 3.31.